The summed E-state index contributed by atoms with van der Waals surface area (Å²) in [6, 6.07) is 0. The summed E-state index contributed by atoms with van der Waals surface area (Å²) >= 11 is 0. The number of nitrogens with two attached hydrogens (primary N) is 1. The number of H-pyrrole nitrogens is 1. The van der Waals surface area contributed by atoms with Gasteiger partial charge in [0.15, 0.2) is 0 Å². The molecule has 2 rings (SSSR count). The Labute approximate surface area is 84.5 Å². The molecule has 78 valence electrons. The van der Waals surface area contributed by atoms with Crippen LogP contribution in [0.2, 0.25) is 0 Å². The summed E-state index contributed by atoms with van der Waals surface area (Å²) in [5.74, 6) is 0. The zero-order valence-corrected chi connectivity index (χ0v) is 8.71. The molecule has 0 radical (unpaired) electrons. The molecule has 0 fully saturated rings. The molecule has 1 aliphatic rings. The van der Waals surface area contributed by atoms with E-state index in [1.807, 2.05) is 0 Å². The van der Waals surface area contributed by atoms with E-state index >= 15 is 0 Å². The number of fused-ring (bicyclic) bond motifs is 1. The van der Waals surface area contributed by atoms with Crippen molar-refractivity contribution >= 4 is 0 Å². The van der Waals surface area contributed by atoms with E-state index in [-0.39, 0.29) is 0 Å². The molecule has 0 bridgehead atoms. The van der Waals surface area contributed by atoms with Gasteiger partial charge in [-0.15, -0.1) is 0 Å². The molecule has 1 aromatic rings. The van der Waals surface area contributed by atoms with E-state index in [4.69, 9.17) is 5.73 Å². The van der Waals surface area contributed by atoms with Crippen LogP contribution in [0.25, 0.3) is 0 Å². The van der Waals surface area contributed by atoms with E-state index in [1.54, 1.807) is 0 Å². The number of aromatic amines is 1. The van der Waals surface area contributed by atoms with E-state index in [1.165, 1.54) is 36.2 Å². The summed E-state index contributed by atoms with van der Waals surface area (Å²) in [6.45, 7) is 2.56. The van der Waals surface area contributed by atoms with Crippen LogP contribution in [0.15, 0.2) is 0 Å². The number of likely N-dealkylation sites (N-methyl/N-ethyl adjacent to an activating group) is 1. The molecular formula is C10H18N4. The first kappa shape index (κ1) is 9.68. The molecule has 0 atom stereocenters. The van der Waals surface area contributed by atoms with Crippen LogP contribution < -0.4 is 5.73 Å². The highest BCUT2D eigenvalue weighted by atomic mass is 15.2. The summed E-state index contributed by atoms with van der Waals surface area (Å²) in [7, 11) is 2.09. The Bertz CT molecular complexity index is 305. The standard InChI is InChI=1S/C10H18N4/c1-14(6-5-11)7-10-8-3-2-4-9(8)12-13-10/h2-7,11H2,1H3,(H,12,13). The number of aryl methyl sites for hydroxylation is 1. The van der Waals surface area contributed by atoms with Crippen LogP contribution in [0.1, 0.15) is 23.4 Å². The third kappa shape index (κ3) is 1.81. The Balaban J connectivity index is 2.02. The van der Waals surface area contributed by atoms with Gasteiger partial charge in [-0.1, -0.05) is 0 Å². The first-order valence-corrected chi connectivity index (χ1v) is 5.25. The second kappa shape index (κ2) is 4.11. The second-order valence-corrected chi connectivity index (χ2v) is 4.01. The van der Waals surface area contributed by atoms with Crippen LogP contribution in [0.3, 0.4) is 0 Å². The second-order valence-electron chi connectivity index (χ2n) is 4.01. The monoisotopic (exact) mass is 194 g/mol. The van der Waals surface area contributed by atoms with E-state index < -0.39 is 0 Å². The van der Waals surface area contributed by atoms with Crippen molar-refractivity contribution in [3.8, 4) is 0 Å². The quantitative estimate of drug-likeness (QED) is 0.724. The van der Waals surface area contributed by atoms with Crippen LogP contribution in [-0.2, 0) is 19.4 Å². The maximum absolute atomic E-state index is 5.50. The van der Waals surface area contributed by atoms with Gasteiger partial charge in [-0.25, -0.2) is 0 Å². The Morgan fingerprint density at radius 3 is 3.14 bits per heavy atom. The van der Waals surface area contributed by atoms with Gasteiger partial charge in [0, 0.05) is 25.3 Å². The van der Waals surface area contributed by atoms with E-state index in [0.29, 0.717) is 6.54 Å². The van der Waals surface area contributed by atoms with E-state index in [0.717, 1.165) is 13.1 Å². The van der Waals surface area contributed by atoms with Crippen LogP contribution in [0, 0.1) is 0 Å². The van der Waals surface area contributed by atoms with Crippen molar-refractivity contribution < 1.29 is 0 Å². The molecule has 0 spiro atoms. The van der Waals surface area contributed by atoms with Crippen LogP contribution in [0.4, 0.5) is 0 Å². The lowest BCUT2D eigenvalue weighted by atomic mass is 10.2. The lowest BCUT2D eigenvalue weighted by Gasteiger charge is -2.13. The van der Waals surface area contributed by atoms with Crippen LogP contribution >= 0.6 is 0 Å². The van der Waals surface area contributed by atoms with Gasteiger partial charge in [0.1, 0.15) is 0 Å². The van der Waals surface area contributed by atoms with Crippen molar-refractivity contribution in [1.82, 2.24) is 15.1 Å². The molecular weight excluding hydrogens is 176 g/mol. The molecule has 0 aromatic carbocycles. The average Bonchev–Trinajstić information content (AvgIpc) is 2.70. The lowest BCUT2D eigenvalue weighted by molar-refractivity contribution is 0.331. The highest BCUT2D eigenvalue weighted by molar-refractivity contribution is 5.29. The van der Waals surface area contributed by atoms with Crippen molar-refractivity contribution in [2.24, 2.45) is 5.73 Å². The third-order valence-corrected chi connectivity index (χ3v) is 2.82. The van der Waals surface area contributed by atoms with Gasteiger partial charge in [0.25, 0.3) is 0 Å². The summed E-state index contributed by atoms with van der Waals surface area (Å²) in [5.41, 5.74) is 9.52. The fourth-order valence-corrected chi connectivity index (χ4v) is 2.07. The fourth-order valence-electron chi connectivity index (χ4n) is 2.07. The van der Waals surface area contributed by atoms with Gasteiger partial charge >= 0.3 is 0 Å². The lowest BCUT2D eigenvalue weighted by Crippen LogP contribution is -2.25. The molecule has 0 amide bonds. The number of rotatable bonds is 4. The van der Waals surface area contributed by atoms with E-state index in [9.17, 15) is 0 Å². The molecule has 4 heteroatoms. The number of hydrogen-bond acceptors (Lipinski definition) is 3. The molecule has 1 aliphatic carbocycles. The fraction of sp³-hybridized carbons (Fsp3) is 0.700. The van der Waals surface area contributed by atoms with Gasteiger partial charge in [-0.05, 0) is 31.9 Å². The molecule has 0 saturated carbocycles. The molecule has 3 N–H and O–H groups in total. The topological polar surface area (TPSA) is 57.9 Å². The molecule has 0 aliphatic heterocycles. The Hall–Kier alpha value is -0.870. The third-order valence-electron chi connectivity index (χ3n) is 2.82. The summed E-state index contributed by atoms with van der Waals surface area (Å²) < 4.78 is 0. The van der Waals surface area contributed by atoms with Crippen molar-refractivity contribution in [1.29, 1.82) is 0 Å². The minimum absolute atomic E-state index is 0.711. The zero-order valence-electron chi connectivity index (χ0n) is 8.71. The smallest absolute Gasteiger partial charge is 0.0796 e. The molecule has 1 heterocycles. The molecule has 14 heavy (non-hydrogen) atoms. The van der Waals surface area contributed by atoms with Gasteiger partial charge < -0.3 is 5.73 Å². The Kier molecular flexibility index (Phi) is 2.84. The largest absolute Gasteiger partial charge is 0.329 e. The minimum Gasteiger partial charge on any atom is -0.329 e. The SMILES string of the molecule is CN(CCN)Cc1n[nH]c2c1CCC2. The van der Waals surface area contributed by atoms with Crippen molar-refractivity contribution in [3.63, 3.8) is 0 Å². The first-order valence-electron chi connectivity index (χ1n) is 5.25. The molecule has 1 aromatic heterocycles. The molecule has 4 nitrogen and oxygen atoms in total. The van der Waals surface area contributed by atoms with Gasteiger partial charge in [0.2, 0.25) is 0 Å². The van der Waals surface area contributed by atoms with Gasteiger partial charge in [-0.2, -0.15) is 5.10 Å². The van der Waals surface area contributed by atoms with Crippen molar-refractivity contribution in [2.45, 2.75) is 25.8 Å². The Morgan fingerprint density at radius 1 is 1.50 bits per heavy atom. The van der Waals surface area contributed by atoms with Crippen molar-refractivity contribution in [3.05, 3.63) is 17.0 Å². The normalized spacial score (nSPS) is 15.1. The molecule has 0 saturated heterocycles. The summed E-state index contributed by atoms with van der Waals surface area (Å²) in [5, 5.41) is 7.48. The number of nitrogens with one attached hydrogen (secondary N) is 1. The predicted molar refractivity (Wildman–Crippen MR) is 56.0 cm³/mol. The maximum Gasteiger partial charge on any atom is 0.0796 e. The number of nitrogens with zero attached hydrogens (tertiary/aromatic N) is 2. The zero-order chi connectivity index (χ0) is 9.97. The highest BCUT2D eigenvalue weighted by Crippen LogP contribution is 2.23. The van der Waals surface area contributed by atoms with Gasteiger partial charge in [0.05, 0.1) is 5.69 Å². The number of hydrogen-bond donors (Lipinski definition) is 2. The average molecular weight is 194 g/mol. The van der Waals surface area contributed by atoms with Gasteiger partial charge in [-0.3, -0.25) is 10.00 Å². The number of aromatic nitrogens is 2. The highest BCUT2D eigenvalue weighted by Gasteiger charge is 2.18. The van der Waals surface area contributed by atoms with Crippen LogP contribution in [-0.4, -0.2) is 35.2 Å². The van der Waals surface area contributed by atoms with Crippen LogP contribution in [0.5, 0.6) is 0 Å². The van der Waals surface area contributed by atoms with E-state index in [2.05, 4.69) is 22.1 Å². The minimum atomic E-state index is 0.711. The predicted octanol–water partition coefficient (Wildman–Crippen LogP) is 0.289. The first-order chi connectivity index (χ1) is 6.81. The summed E-state index contributed by atoms with van der Waals surface area (Å²) in [4.78, 5) is 2.22. The van der Waals surface area contributed by atoms with Crippen molar-refractivity contribution in [2.75, 3.05) is 20.1 Å². The Morgan fingerprint density at radius 2 is 2.36 bits per heavy atom. The molecule has 0 unspecified atom stereocenters. The summed E-state index contributed by atoms with van der Waals surface area (Å²) in [6.07, 6.45) is 3.64. The maximum atomic E-state index is 5.50.